The number of anilines is 2. The van der Waals surface area contributed by atoms with E-state index in [0.29, 0.717) is 37.0 Å². The van der Waals surface area contributed by atoms with Gasteiger partial charge < -0.3 is 25.2 Å². The zero-order chi connectivity index (χ0) is 23.8. The molecule has 9 nitrogen and oxygen atoms in total. The maximum Gasteiger partial charge on any atom is 0.319 e. The summed E-state index contributed by atoms with van der Waals surface area (Å²) in [4.78, 5) is 25.8. The fraction of sp³-hybridized carbons (Fsp3) is 0.522. The van der Waals surface area contributed by atoms with Crippen LogP contribution in [0.1, 0.15) is 19.5 Å². The molecule has 1 aliphatic rings. The van der Waals surface area contributed by atoms with Gasteiger partial charge in [-0.2, -0.15) is 4.55 Å². The standard InChI is InChI=1S/C23H34N6O3S/c1-17(2)33(31)16-20-15-21(29-11-13-32-14-12-29)27-22(25-20)18-5-7-19(8-6-18)26-23(30)24-9-10-28(3)4/h5-8,15,17,31H,9-14,16H2,1-4H3,(H-,24,25,26,27,30)/p+1. The van der Waals surface area contributed by atoms with Crippen LogP contribution in [0.4, 0.5) is 16.3 Å². The third-order valence-corrected chi connectivity index (χ3v) is 6.87. The van der Waals surface area contributed by atoms with Crippen molar-refractivity contribution in [1.82, 2.24) is 20.2 Å². The van der Waals surface area contributed by atoms with Crippen LogP contribution in [0.5, 0.6) is 0 Å². The number of amides is 2. The van der Waals surface area contributed by atoms with E-state index in [-0.39, 0.29) is 11.3 Å². The predicted octanol–water partition coefficient (Wildman–Crippen LogP) is 2.66. The minimum Gasteiger partial charge on any atom is -0.378 e. The van der Waals surface area contributed by atoms with Crippen LogP contribution in [-0.2, 0) is 21.7 Å². The van der Waals surface area contributed by atoms with Crippen LogP contribution in [-0.4, -0.2) is 84.2 Å². The number of rotatable bonds is 9. The monoisotopic (exact) mass is 475 g/mol. The Balaban J connectivity index is 1.76. The molecule has 1 aromatic heterocycles. The molecule has 1 aromatic carbocycles. The minimum atomic E-state index is -0.758. The number of hydrogen-bond donors (Lipinski definition) is 3. The number of likely N-dealkylation sites (N-methyl/N-ethyl adjacent to an activating group) is 1. The summed E-state index contributed by atoms with van der Waals surface area (Å²) in [6.07, 6.45) is 0. The second kappa shape index (κ2) is 12.2. The van der Waals surface area contributed by atoms with E-state index >= 15 is 0 Å². The SMILES string of the molecule is CC(C)[S+](O)Cc1cc(N2CCOCC2)nc(-c2ccc(NC(=O)NCCN(C)C)cc2)n1. The van der Waals surface area contributed by atoms with Gasteiger partial charge in [0.15, 0.2) is 22.8 Å². The van der Waals surface area contributed by atoms with E-state index in [9.17, 15) is 9.35 Å². The predicted molar refractivity (Wildman–Crippen MR) is 135 cm³/mol. The number of benzene rings is 1. The molecule has 2 heterocycles. The van der Waals surface area contributed by atoms with Gasteiger partial charge in [-0.05, 0) is 52.2 Å². The van der Waals surface area contributed by atoms with Crippen molar-refractivity contribution in [2.45, 2.75) is 24.9 Å². The second-order valence-corrected chi connectivity index (χ2v) is 10.5. The van der Waals surface area contributed by atoms with Gasteiger partial charge in [0.25, 0.3) is 0 Å². The smallest absolute Gasteiger partial charge is 0.319 e. The molecular formula is C23H35N6O3S+. The van der Waals surface area contributed by atoms with E-state index in [4.69, 9.17) is 14.7 Å². The molecule has 0 radical (unpaired) electrons. The normalized spacial score (nSPS) is 15.1. The van der Waals surface area contributed by atoms with Crippen molar-refractivity contribution < 1.29 is 14.1 Å². The van der Waals surface area contributed by atoms with E-state index in [0.717, 1.165) is 36.7 Å². The summed E-state index contributed by atoms with van der Waals surface area (Å²) in [5, 5.41) is 5.85. The molecule has 1 saturated heterocycles. The first-order chi connectivity index (χ1) is 15.8. The Kier molecular flexibility index (Phi) is 9.30. The molecule has 1 fully saturated rings. The lowest BCUT2D eigenvalue weighted by Crippen LogP contribution is -2.37. The van der Waals surface area contributed by atoms with Gasteiger partial charge in [0.2, 0.25) is 0 Å². The molecule has 1 atom stereocenters. The molecule has 3 rings (SSSR count). The maximum atomic E-state index is 12.1. The average Bonchev–Trinajstić information content (AvgIpc) is 2.79. The van der Waals surface area contributed by atoms with Crippen molar-refractivity contribution in [3.05, 3.63) is 36.0 Å². The number of nitrogens with zero attached hydrogens (tertiary/aromatic N) is 4. The highest BCUT2D eigenvalue weighted by molar-refractivity contribution is 7.91. The minimum absolute atomic E-state index is 0.171. The van der Waals surface area contributed by atoms with E-state index in [1.165, 1.54) is 0 Å². The quantitative estimate of drug-likeness (QED) is 0.479. The summed E-state index contributed by atoms with van der Waals surface area (Å²) >= 11 is -0.758. The van der Waals surface area contributed by atoms with Crippen LogP contribution >= 0.6 is 0 Å². The van der Waals surface area contributed by atoms with Crippen LogP contribution in [0, 0.1) is 0 Å². The number of carbonyl (C=O) groups is 1. The van der Waals surface area contributed by atoms with Crippen molar-refractivity contribution in [2.75, 3.05) is 63.7 Å². The maximum absolute atomic E-state index is 12.1. The van der Waals surface area contributed by atoms with Crippen LogP contribution in [0.3, 0.4) is 0 Å². The Morgan fingerprint density at radius 3 is 2.55 bits per heavy atom. The summed E-state index contributed by atoms with van der Waals surface area (Å²) in [5.41, 5.74) is 2.37. The Morgan fingerprint density at radius 1 is 1.21 bits per heavy atom. The molecule has 180 valence electrons. The molecule has 0 bridgehead atoms. The van der Waals surface area contributed by atoms with Crippen molar-refractivity contribution in [2.24, 2.45) is 0 Å². The Morgan fingerprint density at radius 2 is 1.91 bits per heavy atom. The molecule has 10 heteroatoms. The highest BCUT2D eigenvalue weighted by Gasteiger charge is 2.24. The van der Waals surface area contributed by atoms with Crippen molar-refractivity contribution in [3.8, 4) is 11.4 Å². The van der Waals surface area contributed by atoms with Gasteiger partial charge in [-0.15, -0.1) is 0 Å². The zero-order valence-corrected chi connectivity index (χ0v) is 20.7. The first kappa shape index (κ1) is 25.2. The van der Waals surface area contributed by atoms with Gasteiger partial charge in [0.05, 0.1) is 18.9 Å². The first-order valence-corrected chi connectivity index (χ1v) is 12.6. The lowest BCUT2D eigenvalue weighted by atomic mass is 10.2. The highest BCUT2D eigenvalue weighted by Crippen LogP contribution is 2.24. The molecule has 1 aliphatic heterocycles. The molecule has 0 saturated carbocycles. The Labute approximate surface area is 199 Å². The topological polar surface area (TPSA) is 103 Å². The number of ether oxygens (including phenoxy) is 1. The fourth-order valence-corrected chi connectivity index (χ4v) is 4.01. The lowest BCUT2D eigenvalue weighted by Gasteiger charge is -2.28. The Bertz CT molecular complexity index is 904. The number of urea groups is 1. The molecular weight excluding hydrogens is 440 g/mol. The second-order valence-electron chi connectivity index (χ2n) is 8.50. The number of nitrogens with one attached hydrogen (secondary N) is 2. The molecule has 0 spiro atoms. The highest BCUT2D eigenvalue weighted by atomic mass is 32.2. The molecule has 1 unspecified atom stereocenters. The van der Waals surface area contributed by atoms with E-state index in [1.54, 1.807) is 0 Å². The van der Waals surface area contributed by atoms with Gasteiger partial charge in [0.1, 0.15) is 11.1 Å². The fourth-order valence-electron chi connectivity index (χ4n) is 3.23. The van der Waals surface area contributed by atoms with Gasteiger partial charge in [-0.1, -0.05) is 0 Å². The van der Waals surface area contributed by atoms with Crippen LogP contribution in [0.15, 0.2) is 30.3 Å². The number of aromatic nitrogens is 2. The van der Waals surface area contributed by atoms with Crippen molar-refractivity contribution in [3.63, 3.8) is 0 Å². The van der Waals surface area contributed by atoms with Crippen molar-refractivity contribution >= 4 is 28.7 Å². The van der Waals surface area contributed by atoms with Crippen LogP contribution < -0.4 is 15.5 Å². The third-order valence-electron chi connectivity index (χ3n) is 5.19. The Hall–Kier alpha value is -2.40. The molecule has 33 heavy (non-hydrogen) atoms. The summed E-state index contributed by atoms with van der Waals surface area (Å²) in [6.45, 7) is 8.26. The van der Waals surface area contributed by atoms with Gasteiger partial charge >= 0.3 is 6.03 Å². The van der Waals surface area contributed by atoms with Gasteiger partial charge in [0, 0.05) is 43.5 Å². The summed E-state index contributed by atoms with van der Waals surface area (Å²) in [6, 6.07) is 9.23. The summed E-state index contributed by atoms with van der Waals surface area (Å²) in [5.74, 6) is 1.95. The van der Waals surface area contributed by atoms with Crippen LogP contribution in [0.25, 0.3) is 11.4 Å². The largest absolute Gasteiger partial charge is 0.378 e. The van der Waals surface area contributed by atoms with Crippen molar-refractivity contribution in [1.29, 1.82) is 0 Å². The van der Waals surface area contributed by atoms with E-state index in [1.807, 2.05) is 63.2 Å². The average molecular weight is 476 g/mol. The number of morpholine rings is 1. The number of carbonyl (C=O) groups excluding carboxylic acids is 1. The molecule has 2 amide bonds. The molecule has 0 aliphatic carbocycles. The molecule has 3 N–H and O–H groups in total. The first-order valence-electron chi connectivity index (χ1n) is 11.2. The zero-order valence-electron chi connectivity index (χ0n) is 19.9. The summed E-state index contributed by atoms with van der Waals surface area (Å²) in [7, 11) is 3.92. The van der Waals surface area contributed by atoms with Gasteiger partial charge in [-0.25, -0.2) is 14.8 Å². The lowest BCUT2D eigenvalue weighted by molar-refractivity contribution is 0.122. The summed E-state index contributed by atoms with van der Waals surface area (Å²) < 4.78 is 15.9. The van der Waals surface area contributed by atoms with E-state index < -0.39 is 11.2 Å². The number of hydrogen-bond acceptors (Lipinski definition) is 7. The molecule has 2 aromatic rings. The third kappa shape index (κ3) is 7.85. The van der Waals surface area contributed by atoms with E-state index in [2.05, 4.69) is 15.5 Å². The van der Waals surface area contributed by atoms with Crippen LogP contribution in [0.2, 0.25) is 0 Å². The van der Waals surface area contributed by atoms with Gasteiger partial charge in [-0.3, -0.25) is 0 Å².